The van der Waals surface area contributed by atoms with Crippen molar-refractivity contribution >= 4 is 42.6 Å². The summed E-state index contributed by atoms with van der Waals surface area (Å²) < 4.78 is 9.61. The summed E-state index contributed by atoms with van der Waals surface area (Å²) in [6.45, 7) is 8.27. The molecule has 120 valence electrons. The topological polar surface area (TPSA) is 52.6 Å². The summed E-state index contributed by atoms with van der Waals surface area (Å²) in [5.41, 5.74) is 2.97. The molecule has 0 spiro atoms. The Labute approximate surface area is 142 Å². The molecule has 0 fully saturated rings. The van der Waals surface area contributed by atoms with E-state index in [1.54, 1.807) is 0 Å². The standard InChI is InChI=1S/C15H25IO4Si/c1-6-7-8-9-12(14(16)15(18)19-2)20-13(17)10-11-21(3,4)5/h12,14H,6-9H2,1-5H3/t12-,14-/m0/s1. The third-order valence-electron chi connectivity index (χ3n) is 2.64. The summed E-state index contributed by atoms with van der Waals surface area (Å²) >= 11 is 1.97. The number of halogens is 1. The first-order chi connectivity index (χ1) is 9.71. The van der Waals surface area contributed by atoms with Crippen molar-refractivity contribution in [1.29, 1.82) is 0 Å². The average Bonchev–Trinajstić information content (AvgIpc) is 2.41. The molecule has 0 radical (unpaired) electrons. The minimum absolute atomic E-state index is 0.372. The van der Waals surface area contributed by atoms with Gasteiger partial charge >= 0.3 is 11.9 Å². The second-order valence-electron chi connectivity index (χ2n) is 5.86. The summed E-state index contributed by atoms with van der Waals surface area (Å²) in [4.78, 5) is 23.5. The fraction of sp³-hybridized carbons (Fsp3) is 0.733. The van der Waals surface area contributed by atoms with E-state index in [1.807, 2.05) is 22.6 Å². The van der Waals surface area contributed by atoms with Crippen molar-refractivity contribution < 1.29 is 19.1 Å². The van der Waals surface area contributed by atoms with E-state index in [4.69, 9.17) is 9.47 Å². The van der Waals surface area contributed by atoms with Crippen LogP contribution >= 0.6 is 22.6 Å². The molecule has 0 unspecified atom stereocenters. The van der Waals surface area contributed by atoms with Gasteiger partial charge in [-0.1, -0.05) is 62.0 Å². The molecule has 0 saturated carbocycles. The Bertz CT molecular complexity index is 406. The van der Waals surface area contributed by atoms with E-state index >= 15 is 0 Å². The van der Waals surface area contributed by atoms with Gasteiger partial charge in [0.1, 0.15) is 18.1 Å². The minimum atomic E-state index is -1.61. The summed E-state index contributed by atoms with van der Waals surface area (Å²) in [7, 11) is -0.276. The van der Waals surface area contributed by atoms with Crippen LogP contribution in [-0.2, 0) is 19.1 Å². The predicted octanol–water partition coefficient (Wildman–Crippen LogP) is 3.34. The summed E-state index contributed by atoms with van der Waals surface area (Å²) in [6.07, 6.45) is 3.19. The molecular weight excluding hydrogens is 399 g/mol. The first-order valence-corrected chi connectivity index (χ1v) is 11.9. The molecular formula is C15H25IO4Si. The second-order valence-corrected chi connectivity index (χ2v) is 12.0. The van der Waals surface area contributed by atoms with Gasteiger partial charge in [0.15, 0.2) is 0 Å². The van der Waals surface area contributed by atoms with Gasteiger partial charge in [-0.15, -0.1) is 5.54 Å². The van der Waals surface area contributed by atoms with Gasteiger partial charge in [0.2, 0.25) is 0 Å². The van der Waals surface area contributed by atoms with Crippen LogP contribution in [0.15, 0.2) is 0 Å². The van der Waals surface area contributed by atoms with Gasteiger partial charge in [-0.2, -0.15) is 0 Å². The Hall–Kier alpha value is -0.553. The molecule has 0 saturated heterocycles. The lowest BCUT2D eigenvalue weighted by molar-refractivity contribution is -0.148. The maximum atomic E-state index is 11.8. The summed E-state index contributed by atoms with van der Waals surface area (Å²) in [5.74, 6) is 1.63. The molecule has 0 aliphatic heterocycles. The van der Waals surface area contributed by atoms with Gasteiger partial charge in [0, 0.05) is 5.92 Å². The van der Waals surface area contributed by atoms with Crippen LogP contribution in [0, 0.1) is 11.5 Å². The Kier molecular flexibility index (Phi) is 9.95. The number of rotatable bonds is 7. The Morgan fingerprint density at radius 1 is 1.24 bits per heavy atom. The summed E-state index contributed by atoms with van der Waals surface area (Å²) in [6, 6.07) is 0. The Morgan fingerprint density at radius 3 is 2.33 bits per heavy atom. The largest absolute Gasteiger partial charge is 0.468 e. The quantitative estimate of drug-likeness (QED) is 0.157. The number of unbranched alkanes of at least 4 members (excludes halogenated alkanes) is 2. The first-order valence-electron chi connectivity index (χ1n) is 7.17. The molecule has 4 nitrogen and oxygen atoms in total. The highest BCUT2D eigenvalue weighted by molar-refractivity contribution is 14.1. The molecule has 0 N–H and O–H groups in total. The molecule has 2 atom stereocenters. The van der Waals surface area contributed by atoms with E-state index in [1.165, 1.54) is 7.11 Å². The monoisotopic (exact) mass is 424 g/mol. The minimum Gasteiger partial charge on any atom is -0.468 e. The van der Waals surface area contributed by atoms with Crippen LogP contribution in [0.4, 0.5) is 0 Å². The Morgan fingerprint density at radius 2 is 1.86 bits per heavy atom. The molecule has 0 rings (SSSR count). The zero-order valence-electron chi connectivity index (χ0n) is 13.5. The number of esters is 2. The summed E-state index contributed by atoms with van der Waals surface area (Å²) in [5, 5.41) is 0. The lowest BCUT2D eigenvalue weighted by Crippen LogP contribution is -2.33. The lowest BCUT2D eigenvalue weighted by Gasteiger charge is -2.20. The molecule has 0 aliphatic rings. The average molecular weight is 424 g/mol. The normalized spacial score (nSPS) is 13.6. The molecule has 0 aromatic heterocycles. The number of ether oxygens (including phenoxy) is 2. The van der Waals surface area contributed by atoms with Crippen molar-refractivity contribution in [2.24, 2.45) is 0 Å². The van der Waals surface area contributed by atoms with E-state index in [9.17, 15) is 9.59 Å². The van der Waals surface area contributed by atoms with Crippen LogP contribution in [0.5, 0.6) is 0 Å². The van der Waals surface area contributed by atoms with E-state index in [2.05, 4.69) is 38.0 Å². The first kappa shape index (κ1) is 20.4. The molecule has 0 bridgehead atoms. The van der Waals surface area contributed by atoms with Gasteiger partial charge in [0.05, 0.1) is 7.11 Å². The highest BCUT2D eigenvalue weighted by atomic mass is 127. The van der Waals surface area contributed by atoms with E-state index in [0.717, 1.165) is 19.3 Å². The zero-order chi connectivity index (χ0) is 16.5. The van der Waals surface area contributed by atoms with Gasteiger partial charge < -0.3 is 9.47 Å². The van der Waals surface area contributed by atoms with Crippen molar-refractivity contribution in [2.45, 2.75) is 62.3 Å². The fourth-order valence-corrected chi connectivity index (χ4v) is 2.77. The lowest BCUT2D eigenvalue weighted by atomic mass is 10.1. The van der Waals surface area contributed by atoms with Crippen LogP contribution in [0.2, 0.25) is 19.6 Å². The third kappa shape index (κ3) is 9.90. The van der Waals surface area contributed by atoms with E-state index in [0.29, 0.717) is 6.42 Å². The highest BCUT2D eigenvalue weighted by Gasteiger charge is 2.29. The Balaban J connectivity index is 4.75. The second kappa shape index (κ2) is 10.2. The predicted molar refractivity (Wildman–Crippen MR) is 95.0 cm³/mol. The fourth-order valence-electron chi connectivity index (χ4n) is 1.53. The van der Waals surface area contributed by atoms with Gasteiger partial charge in [-0.3, -0.25) is 4.79 Å². The maximum absolute atomic E-state index is 11.8. The SMILES string of the molecule is CCCCC[C@H](OC(=O)C#C[Si](C)(C)C)[C@H](I)C(=O)OC. The zero-order valence-corrected chi connectivity index (χ0v) is 16.7. The molecule has 21 heavy (non-hydrogen) atoms. The molecule has 6 heteroatoms. The number of hydrogen-bond donors (Lipinski definition) is 0. The highest BCUT2D eigenvalue weighted by Crippen LogP contribution is 2.18. The van der Waals surface area contributed by atoms with Crippen molar-refractivity contribution in [1.82, 2.24) is 0 Å². The van der Waals surface area contributed by atoms with Crippen LogP contribution < -0.4 is 0 Å². The molecule has 0 aromatic rings. The molecule has 0 amide bonds. The number of alkyl halides is 1. The van der Waals surface area contributed by atoms with Crippen molar-refractivity contribution in [3.05, 3.63) is 0 Å². The number of methoxy groups -OCH3 is 1. The van der Waals surface area contributed by atoms with Crippen molar-refractivity contribution in [2.75, 3.05) is 7.11 Å². The smallest absolute Gasteiger partial charge is 0.384 e. The number of hydrogen-bond acceptors (Lipinski definition) is 4. The van der Waals surface area contributed by atoms with Gasteiger partial charge in [0.25, 0.3) is 0 Å². The van der Waals surface area contributed by atoms with E-state index < -0.39 is 24.1 Å². The third-order valence-corrected chi connectivity index (χ3v) is 4.83. The van der Waals surface area contributed by atoms with Gasteiger partial charge in [-0.25, -0.2) is 4.79 Å². The number of carbonyl (C=O) groups is 2. The maximum Gasteiger partial charge on any atom is 0.384 e. The molecule has 0 aromatic carbocycles. The van der Waals surface area contributed by atoms with E-state index in [-0.39, 0.29) is 5.97 Å². The van der Waals surface area contributed by atoms with Crippen LogP contribution in [-0.4, -0.2) is 37.2 Å². The number of carbonyl (C=O) groups excluding carboxylic acids is 2. The van der Waals surface area contributed by atoms with Gasteiger partial charge in [-0.05, 0) is 12.8 Å². The van der Waals surface area contributed by atoms with Crippen molar-refractivity contribution in [3.63, 3.8) is 0 Å². The van der Waals surface area contributed by atoms with Crippen molar-refractivity contribution in [3.8, 4) is 11.5 Å². The van der Waals surface area contributed by atoms with Crippen LogP contribution in [0.3, 0.4) is 0 Å². The van der Waals surface area contributed by atoms with Crippen LogP contribution in [0.25, 0.3) is 0 Å². The van der Waals surface area contributed by atoms with Crippen LogP contribution in [0.1, 0.15) is 32.6 Å². The molecule has 0 heterocycles. The molecule has 0 aliphatic carbocycles.